The van der Waals surface area contributed by atoms with Crippen LogP contribution in [0, 0.1) is 41.4 Å². The second kappa shape index (κ2) is 54.3. The van der Waals surface area contributed by atoms with Crippen LogP contribution in [0.2, 0.25) is 0 Å². The molecule has 4 saturated carbocycles. The normalized spacial score (nSPS) is 18.5. The van der Waals surface area contributed by atoms with E-state index in [1.165, 1.54) is 208 Å². The molecule has 0 radical (unpaired) electrons. The van der Waals surface area contributed by atoms with Gasteiger partial charge in [0.05, 0.1) is 66.6 Å². The third-order valence-electron chi connectivity index (χ3n) is 25.1. The SMILES string of the molecule is CC(C)C(C)OC(C)(C)C.CC(C)C(C)OC1c2ccccc2-c2ccccc21.CC(C)OC(C)C(C)C.CC(C)OC1c2ccccc2-c2ccccc21.CCC(C)OC1c2ccccc2-c2ccccc21.COC(C)C1CCCC1.COC(C)C1CCCCC1.COC(C)C1CCCCCC1.COC(C)C1CCCCCCC1. The molecular formula is C106H168O9. The molecule has 8 atom stereocenters. The Balaban J connectivity index is 0.000000235. The van der Waals surface area contributed by atoms with E-state index in [4.69, 9.17) is 42.6 Å². The lowest BCUT2D eigenvalue weighted by Gasteiger charge is -2.27. The van der Waals surface area contributed by atoms with E-state index >= 15 is 0 Å². The van der Waals surface area contributed by atoms with Gasteiger partial charge in [-0.2, -0.15) is 0 Å². The predicted octanol–water partition coefficient (Wildman–Crippen LogP) is 30.1. The van der Waals surface area contributed by atoms with Gasteiger partial charge in [0.1, 0.15) is 18.3 Å². The maximum absolute atomic E-state index is 6.33. The van der Waals surface area contributed by atoms with Crippen molar-refractivity contribution in [3.63, 3.8) is 0 Å². The van der Waals surface area contributed by atoms with E-state index in [1.54, 1.807) is 0 Å². The first-order valence-corrected chi connectivity index (χ1v) is 46.0. The van der Waals surface area contributed by atoms with Crippen molar-refractivity contribution in [1.29, 1.82) is 0 Å². The quantitative estimate of drug-likeness (QED) is 0.0654. The molecule has 8 unspecified atom stereocenters. The lowest BCUT2D eigenvalue weighted by atomic mass is 9.86. The van der Waals surface area contributed by atoms with Gasteiger partial charge in [0.25, 0.3) is 0 Å². The van der Waals surface area contributed by atoms with Crippen LogP contribution in [0.4, 0.5) is 0 Å². The van der Waals surface area contributed by atoms with E-state index < -0.39 is 0 Å². The van der Waals surface area contributed by atoms with Crippen molar-refractivity contribution in [3.05, 3.63) is 179 Å². The van der Waals surface area contributed by atoms with Crippen LogP contribution in [0.15, 0.2) is 146 Å². The van der Waals surface area contributed by atoms with Gasteiger partial charge < -0.3 is 42.6 Å². The molecule has 0 heterocycles. The van der Waals surface area contributed by atoms with Gasteiger partial charge in [-0.15, -0.1) is 0 Å². The fourth-order valence-electron chi connectivity index (χ4n) is 16.6. The van der Waals surface area contributed by atoms with Crippen LogP contribution < -0.4 is 0 Å². The third-order valence-corrected chi connectivity index (χ3v) is 25.1. The fraction of sp³-hybridized carbons (Fsp3) is 0.660. The van der Waals surface area contributed by atoms with Crippen molar-refractivity contribution in [3.8, 4) is 33.4 Å². The Hall–Kier alpha value is -5.04. The third kappa shape index (κ3) is 34.5. The maximum atomic E-state index is 6.33. The van der Waals surface area contributed by atoms with Crippen LogP contribution in [0.1, 0.15) is 352 Å². The Morgan fingerprint density at radius 1 is 0.278 bits per heavy atom. The van der Waals surface area contributed by atoms with Crippen molar-refractivity contribution < 1.29 is 42.6 Å². The van der Waals surface area contributed by atoms with Crippen molar-refractivity contribution in [2.24, 2.45) is 41.4 Å². The Morgan fingerprint density at radius 2 is 0.504 bits per heavy atom. The van der Waals surface area contributed by atoms with E-state index in [0.29, 0.717) is 60.5 Å². The number of hydrogen-bond donors (Lipinski definition) is 0. The van der Waals surface area contributed by atoms with Crippen LogP contribution >= 0.6 is 0 Å². The number of benzene rings is 6. The zero-order valence-corrected chi connectivity index (χ0v) is 77.8. The number of ether oxygens (including phenoxy) is 9. The summed E-state index contributed by atoms with van der Waals surface area (Å²) >= 11 is 0. The van der Waals surface area contributed by atoms with Crippen LogP contribution in [0.5, 0.6) is 0 Å². The monoisotopic (exact) mass is 1590 g/mol. The average molecular weight is 1590 g/mol. The minimum Gasteiger partial charge on any atom is -0.381 e. The number of fused-ring (bicyclic) bond motifs is 9. The highest BCUT2D eigenvalue weighted by Gasteiger charge is 2.33. The van der Waals surface area contributed by atoms with E-state index in [1.807, 2.05) is 28.4 Å². The van der Waals surface area contributed by atoms with Crippen LogP contribution in [-0.4, -0.2) is 95.1 Å². The highest BCUT2D eigenvalue weighted by molar-refractivity contribution is 5.80. The second-order valence-electron chi connectivity index (χ2n) is 36.7. The highest BCUT2D eigenvalue weighted by Crippen LogP contribution is 2.49. The minimum atomic E-state index is 0.00366. The van der Waals surface area contributed by atoms with Gasteiger partial charge >= 0.3 is 0 Å². The van der Waals surface area contributed by atoms with E-state index in [0.717, 1.165) is 30.1 Å². The lowest BCUT2D eigenvalue weighted by Crippen LogP contribution is -2.28. The smallest absolute Gasteiger partial charge is 0.109 e. The van der Waals surface area contributed by atoms with Gasteiger partial charge in [-0.1, -0.05) is 284 Å². The molecule has 9 heteroatoms. The predicted molar refractivity (Wildman–Crippen MR) is 491 cm³/mol. The van der Waals surface area contributed by atoms with E-state index in [9.17, 15) is 0 Å². The molecule has 0 bridgehead atoms. The molecule has 0 aromatic heterocycles. The number of methoxy groups -OCH3 is 4. The summed E-state index contributed by atoms with van der Waals surface area (Å²) in [4.78, 5) is 0. The van der Waals surface area contributed by atoms with Gasteiger partial charge in [0.2, 0.25) is 0 Å². The number of rotatable bonds is 21. The summed E-state index contributed by atoms with van der Waals surface area (Å²) in [6.45, 7) is 47.2. The standard InChI is InChI=1S/C18H20O.C17H18O.C16H16O.C11H22O.C10H20O.C9H18O.C9H20O.C8H16O.C8H18O/c1-12(2)13(3)19-18-16-10-6-4-8-14(16)15-9-5-7-11-17(15)18;1-3-12(2)18-17-15-10-6-4-8-13(15)14-9-5-7-11-16(14)17;1-11(2)17-16-14-9-5-3-7-12(14)13-8-4-6-10-15(13)16;1-10(12-2)11-8-6-4-3-5-7-9-11;1-9(11-2)10-7-5-3-4-6-8-10;1-8(10-2)9-6-4-3-5-7-9;1-7(2)8(3)10-9(4,5)6;1-7(9-2)8-5-3-4-6-8;1-6(2)8(5)9-7(3)4/h4-13,18H,1-3H3;4-12,17H,3H2,1-2H3;3-11,16H,1-2H3;10-11H,3-9H2,1-2H3;9-10H,3-8H2,1-2H3;8-9H,3-7H2,1-2H3;7-8H,1-6H3;7-8H,3-6H2,1-2H3;6-8H,1-5H3. The first kappa shape index (κ1) is 101. The molecule has 6 aromatic carbocycles. The number of hydrogen-bond acceptors (Lipinski definition) is 9. The Morgan fingerprint density at radius 3 is 0.713 bits per heavy atom. The lowest BCUT2D eigenvalue weighted by molar-refractivity contribution is -0.0698. The molecule has 9 nitrogen and oxygen atoms in total. The van der Waals surface area contributed by atoms with Crippen molar-refractivity contribution >= 4 is 0 Å². The highest BCUT2D eigenvalue weighted by atomic mass is 16.5. The molecule has 646 valence electrons. The summed E-state index contributed by atoms with van der Waals surface area (Å²) in [7, 11) is 7.29. The summed E-state index contributed by atoms with van der Waals surface area (Å²) in [5, 5.41) is 0. The zero-order valence-electron chi connectivity index (χ0n) is 77.8. The first-order chi connectivity index (χ1) is 55.0. The van der Waals surface area contributed by atoms with Crippen molar-refractivity contribution in [1.82, 2.24) is 0 Å². The molecule has 0 aliphatic heterocycles. The van der Waals surface area contributed by atoms with Gasteiger partial charge in [-0.05, 0) is 270 Å². The van der Waals surface area contributed by atoms with Gasteiger partial charge in [-0.25, -0.2) is 0 Å². The fourth-order valence-corrected chi connectivity index (χ4v) is 16.6. The van der Waals surface area contributed by atoms with E-state index in [-0.39, 0.29) is 42.2 Å². The summed E-state index contributed by atoms with van der Waals surface area (Å²) in [5.41, 5.74) is 15.7. The topological polar surface area (TPSA) is 83.1 Å². The molecule has 115 heavy (non-hydrogen) atoms. The van der Waals surface area contributed by atoms with Gasteiger partial charge in [0.15, 0.2) is 0 Å². The summed E-state index contributed by atoms with van der Waals surface area (Å²) in [6.07, 6.45) is 36.2. The molecule has 6 aromatic rings. The molecule has 13 rings (SSSR count). The van der Waals surface area contributed by atoms with Crippen LogP contribution in [0.25, 0.3) is 33.4 Å². The molecule has 0 saturated heterocycles. The average Bonchev–Trinajstić information content (AvgIpc) is 1.63. The molecule has 7 aliphatic rings. The molecule has 7 aliphatic carbocycles. The summed E-state index contributed by atoms with van der Waals surface area (Å²) in [6, 6.07) is 51.3. The Labute approximate surface area is 705 Å². The summed E-state index contributed by atoms with van der Waals surface area (Å²) < 4.78 is 51.1. The van der Waals surface area contributed by atoms with Crippen LogP contribution in [0.3, 0.4) is 0 Å². The second-order valence-corrected chi connectivity index (χ2v) is 36.7. The van der Waals surface area contributed by atoms with Crippen molar-refractivity contribution in [2.45, 2.75) is 385 Å². The maximum Gasteiger partial charge on any atom is 0.109 e. The molecular weight excluding hydrogens is 1420 g/mol. The van der Waals surface area contributed by atoms with E-state index in [2.05, 4.69) is 298 Å². The zero-order chi connectivity index (χ0) is 84.6. The Kier molecular flexibility index (Phi) is 47.4. The molecule has 0 amide bonds. The summed E-state index contributed by atoms with van der Waals surface area (Å²) in [5.74, 6) is 5.14. The van der Waals surface area contributed by atoms with Crippen molar-refractivity contribution in [2.75, 3.05) is 28.4 Å². The Bertz CT molecular complexity index is 3350. The van der Waals surface area contributed by atoms with Gasteiger partial charge in [-0.3, -0.25) is 0 Å². The van der Waals surface area contributed by atoms with Crippen LogP contribution in [-0.2, 0) is 42.6 Å². The largest absolute Gasteiger partial charge is 0.381 e. The van der Waals surface area contributed by atoms with Gasteiger partial charge in [0, 0.05) is 28.4 Å². The molecule has 4 fully saturated rings. The first-order valence-electron chi connectivity index (χ1n) is 46.0. The molecule has 0 spiro atoms. The molecule has 0 N–H and O–H groups in total. The minimum absolute atomic E-state index is 0.00366.